The Labute approximate surface area is 229 Å². The number of likely N-dealkylation sites (tertiary alicyclic amines) is 1. The molecule has 0 unspecified atom stereocenters. The number of nitrogens with zero attached hydrogens (tertiary/aromatic N) is 1. The van der Waals surface area contributed by atoms with E-state index in [1.165, 1.54) is 12.1 Å². The standard InChI is InChI=1S/C29H37ClN2O6/c1-6-37-27-16-26(34)23(14-20(27)17-32-13-7-8-22(32)18-36-5)25(33)12-10-19-9-11-21(15-24(19)30)31-28(35)38-29(2,3)4/h9-12,14-16,22,34H,6-8,13,17-18H2,1-5H3,(H,31,35)/b12-10+/t22-/m0/s1. The summed E-state index contributed by atoms with van der Waals surface area (Å²) in [5, 5.41) is 13.6. The molecule has 0 bridgehead atoms. The molecule has 1 fully saturated rings. The van der Waals surface area contributed by atoms with Gasteiger partial charge in [0.15, 0.2) is 5.78 Å². The van der Waals surface area contributed by atoms with E-state index in [9.17, 15) is 14.7 Å². The van der Waals surface area contributed by atoms with Gasteiger partial charge in [0.25, 0.3) is 0 Å². The quantitative estimate of drug-likeness (QED) is 0.267. The zero-order chi connectivity index (χ0) is 27.9. The summed E-state index contributed by atoms with van der Waals surface area (Å²) in [4.78, 5) is 27.4. The number of ether oxygens (including phenoxy) is 3. The van der Waals surface area contributed by atoms with E-state index in [2.05, 4.69) is 10.2 Å². The second-order valence-electron chi connectivity index (χ2n) is 10.2. The van der Waals surface area contributed by atoms with Crippen LogP contribution in [0.15, 0.2) is 36.4 Å². The third-order valence-corrected chi connectivity index (χ3v) is 6.36. The maximum Gasteiger partial charge on any atom is 0.412 e. The van der Waals surface area contributed by atoms with Crippen molar-refractivity contribution in [3.63, 3.8) is 0 Å². The number of hydrogen-bond acceptors (Lipinski definition) is 7. The van der Waals surface area contributed by atoms with Gasteiger partial charge < -0.3 is 19.3 Å². The molecule has 8 nitrogen and oxygen atoms in total. The van der Waals surface area contributed by atoms with E-state index in [1.54, 1.807) is 58.2 Å². The highest BCUT2D eigenvalue weighted by molar-refractivity contribution is 6.32. The highest BCUT2D eigenvalue weighted by Gasteiger charge is 2.26. The summed E-state index contributed by atoms with van der Waals surface area (Å²) in [7, 11) is 1.70. The second-order valence-corrected chi connectivity index (χ2v) is 10.6. The Morgan fingerprint density at radius 2 is 2.00 bits per heavy atom. The number of rotatable bonds is 10. The van der Waals surface area contributed by atoms with Crippen molar-refractivity contribution in [2.24, 2.45) is 0 Å². The number of allylic oxidation sites excluding steroid dienone is 1. The molecule has 38 heavy (non-hydrogen) atoms. The lowest BCUT2D eigenvalue weighted by atomic mass is 10.0. The molecular weight excluding hydrogens is 508 g/mol. The van der Waals surface area contributed by atoms with Crippen LogP contribution in [0.25, 0.3) is 6.08 Å². The topological polar surface area (TPSA) is 97.3 Å². The largest absolute Gasteiger partial charge is 0.507 e. The molecule has 1 amide bonds. The third-order valence-electron chi connectivity index (χ3n) is 6.04. The van der Waals surface area contributed by atoms with Gasteiger partial charge >= 0.3 is 6.09 Å². The molecule has 0 radical (unpaired) electrons. The first-order valence-electron chi connectivity index (χ1n) is 12.7. The monoisotopic (exact) mass is 544 g/mol. The number of halogens is 1. The van der Waals surface area contributed by atoms with Crippen molar-refractivity contribution in [3.05, 3.63) is 58.1 Å². The van der Waals surface area contributed by atoms with Gasteiger partial charge in [-0.15, -0.1) is 0 Å². The Kier molecular flexibility index (Phi) is 10.2. The molecule has 0 saturated carbocycles. The van der Waals surface area contributed by atoms with E-state index in [0.29, 0.717) is 47.8 Å². The molecule has 1 atom stereocenters. The van der Waals surface area contributed by atoms with Gasteiger partial charge in [-0.1, -0.05) is 17.7 Å². The van der Waals surface area contributed by atoms with Crippen molar-refractivity contribution in [2.45, 2.75) is 58.7 Å². The summed E-state index contributed by atoms with van der Waals surface area (Å²) >= 11 is 6.39. The summed E-state index contributed by atoms with van der Waals surface area (Å²) in [5.41, 5.74) is 1.44. The molecule has 2 N–H and O–H groups in total. The summed E-state index contributed by atoms with van der Waals surface area (Å²) in [6.07, 6.45) is 4.49. The van der Waals surface area contributed by atoms with Gasteiger partial charge in [-0.3, -0.25) is 15.0 Å². The van der Waals surface area contributed by atoms with Crippen LogP contribution in [0, 0.1) is 0 Å². The van der Waals surface area contributed by atoms with Gasteiger partial charge in [-0.25, -0.2) is 4.79 Å². The van der Waals surface area contributed by atoms with E-state index in [4.69, 9.17) is 25.8 Å². The number of carbonyl (C=O) groups excluding carboxylic acids is 2. The first-order valence-corrected chi connectivity index (χ1v) is 13.1. The number of methoxy groups -OCH3 is 1. The summed E-state index contributed by atoms with van der Waals surface area (Å²) in [5.74, 6) is 0.0446. The SMILES string of the molecule is CCOc1cc(O)c(C(=O)/C=C/c2ccc(NC(=O)OC(C)(C)C)cc2Cl)cc1CN1CCC[C@H]1COC. The van der Waals surface area contributed by atoms with Gasteiger partial charge in [0, 0.05) is 42.0 Å². The van der Waals surface area contributed by atoms with Crippen molar-refractivity contribution >= 4 is 35.2 Å². The Bertz CT molecular complexity index is 1170. The summed E-state index contributed by atoms with van der Waals surface area (Å²) < 4.78 is 16.4. The van der Waals surface area contributed by atoms with Gasteiger partial charge in [0.1, 0.15) is 17.1 Å². The predicted octanol–water partition coefficient (Wildman–Crippen LogP) is 6.30. The first kappa shape index (κ1) is 29.5. The highest BCUT2D eigenvalue weighted by Crippen LogP contribution is 2.32. The third kappa shape index (κ3) is 8.21. The molecule has 0 aromatic heterocycles. The molecule has 2 aromatic carbocycles. The predicted molar refractivity (Wildman–Crippen MR) is 149 cm³/mol. The Morgan fingerprint density at radius 1 is 1.24 bits per heavy atom. The zero-order valence-corrected chi connectivity index (χ0v) is 23.4. The van der Waals surface area contributed by atoms with Crippen molar-refractivity contribution in [1.82, 2.24) is 4.90 Å². The van der Waals surface area contributed by atoms with Crippen molar-refractivity contribution in [1.29, 1.82) is 0 Å². The molecule has 9 heteroatoms. The van der Waals surface area contributed by atoms with E-state index < -0.39 is 11.7 Å². The average molecular weight is 545 g/mol. The maximum atomic E-state index is 13.1. The van der Waals surface area contributed by atoms with Crippen LogP contribution >= 0.6 is 11.6 Å². The molecule has 3 rings (SSSR count). The molecule has 0 aliphatic carbocycles. The first-order chi connectivity index (χ1) is 18.0. The van der Waals surface area contributed by atoms with Gasteiger partial charge in [-0.2, -0.15) is 0 Å². The number of phenols is 1. The molecule has 1 aliphatic rings. The fourth-order valence-corrected chi connectivity index (χ4v) is 4.59. The van der Waals surface area contributed by atoms with E-state index >= 15 is 0 Å². The number of hydrogen-bond donors (Lipinski definition) is 2. The number of phenolic OH excluding ortho intramolecular Hbond substituents is 1. The molecule has 1 saturated heterocycles. The Morgan fingerprint density at radius 3 is 2.66 bits per heavy atom. The molecule has 206 valence electrons. The minimum absolute atomic E-state index is 0.148. The van der Waals surface area contributed by atoms with Crippen molar-refractivity contribution in [2.75, 3.05) is 32.2 Å². The minimum Gasteiger partial charge on any atom is -0.507 e. The Balaban J connectivity index is 1.77. The van der Waals surface area contributed by atoms with E-state index in [-0.39, 0.29) is 17.1 Å². The minimum atomic E-state index is -0.622. The lowest BCUT2D eigenvalue weighted by Crippen LogP contribution is -2.32. The molecular formula is C29H37ClN2O6. The van der Waals surface area contributed by atoms with Gasteiger partial charge in [0.05, 0.1) is 18.8 Å². The lowest BCUT2D eigenvalue weighted by Gasteiger charge is -2.25. The normalized spacial score (nSPS) is 16.1. The zero-order valence-electron chi connectivity index (χ0n) is 22.7. The summed E-state index contributed by atoms with van der Waals surface area (Å²) in [6, 6.07) is 8.44. The van der Waals surface area contributed by atoms with Crippen molar-refractivity contribution in [3.8, 4) is 11.5 Å². The fraction of sp³-hybridized carbons (Fsp3) is 0.448. The lowest BCUT2D eigenvalue weighted by molar-refractivity contribution is 0.0635. The van der Waals surface area contributed by atoms with Crippen LogP contribution in [-0.2, 0) is 16.0 Å². The van der Waals surface area contributed by atoms with Crippen LogP contribution in [0.1, 0.15) is 62.0 Å². The van der Waals surface area contributed by atoms with Gasteiger partial charge in [-0.05, 0) is 83.0 Å². The molecule has 2 aromatic rings. The number of anilines is 1. The van der Waals surface area contributed by atoms with Crippen LogP contribution in [0.5, 0.6) is 11.5 Å². The fourth-order valence-electron chi connectivity index (χ4n) is 4.34. The number of ketones is 1. The number of aromatic hydroxyl groups is 1. The molecule has 1 heterocycles. The van der Waals surface area contributed by atoms with Crippen LogP contribution < -0.4 is 10.1 Å². The van der Waals surface area contributed by atoms with Crippen molar-refractivity contribution < 1.29 is 28.9 Å². The highest BCUT2D eigenvalue weighted by atomic mass is 35.5. The van der Waals surface area contributed by atoms with E-state index in [1.807, 2.05) is 6.92 Å². The molecule has 0 spiro atoms. The molecule has 1 aliphatic heterocycles. The number of benzene rings is 2. The summed E-state index contributed by atoms with van der Waals surface area (Å²) in [6.45, 7) is 9.82. The number of amides is 1. The number of carbonyl (C=O) groups is 2. The second kappa shape index (κ2) is 13.1. The average Bonchev–Trinajstić information content (AvgIpc) is 3.25. The van der Waals surface area contributed by atoms with Crippen LogP contribution in [0.2, 0.25) is 5.02 Å². The maximum absolute atomic E-state index is 13.1. The van der Waals surface area contributed by atoms with Crippen LogP contribution in [0.3, 0.4) is 0 Å². The van der Waals surface area contributed by atoms with Crippen LogP contribution in [-0.4, -0.2) is 60.4 Å². The van der Waals surface area contributed by atoms with Crippen LogP contribution in [0.4, 0.5) is 10.5 Å². The number of nitrogens with one attached hydrogen (secondary N) is 1. The Hall–Kier alpha value is -3.07. The van der Waals surface area contributed by atoms with Gasteiger partial charge in [0.2, 0.25) is 0 Å². The van der Waals surface area contributed by atoms with E-state index in [0.717, 1.165) is 24.9 Å². The smallest absolute Gasteiger partial charge is 0.412 e.